The molecule has 1 heterocycles. The third kappa shape index (κ3) is 6.11. The summed E-state index contributed by atoms with van der Waals surface area (Å²) < 4.78 is 10.8. The zero-order chi connectivity index (χ0) is 23.8. The van der Waals surface area contributed by atoms with Crippen molar-refractivity contribution < 1.29 is 18.7 Å². The van der Waals surface area contributed by atoms with Crippen molar-refractivity contribution >= 4 is 35.3 Å². The molecule has 1 aromatic heterocycles. The highest BCUT2D eigenvalue weighted by Crippen LogP contribution is 2.17. The minimum absolute atomic E-state index is 0.147. The second-order valence-corrected chi connectivity index (χ2v) is 7.60. The molecule has 0 aliphatic heterocycles. The van der Waals surface area contributed by atoms with Crippen LogP contribution in [0.2, 0.25) is 5.02 Å². The highest BCUT2D eigenvalue weighted by molar-refractivity contribution is 6.30. The molecule has 2 N–H and O–H groups in total. The van der Waals surface area contributed by atoms with Gasteiger partial charge in [0.25, 0.3) is 11.8 Å². The van der Waals surface area contributed by atoms with E-state index >= 15 is 0 Å². The Labute approximate surface area is 201 Å². The van der Waals surface area contributed by atoms with E-state index in [1.165, 1.54) is 18.5 Å². The summed E-state index contributed by atoms with van der Waals surface area (Å²) in [5.74, 6) is -0.0622. The number of hydrogen-bond donors (Lipinski definition) is 2. The van der Waals surface area contributed by atoms with Crippen molar-refractivity contribution in [3.05, 3.63) is 119 Å². The summed E-state index contributed by atoms with van der Waals surface area (Å²) in [6.45, 7) is 0.427. The number of amides is 2. The summed E-state index contributed by atoms with van der Waals surface area (Å²) in [6, 6.07) is 24.5. The molecule has 2 amide bonds. The summed E-state index contributed by atoms with van der Waals surface area (Å²) in [6.07, 6.45) is 2.92. The van der Waals surface area contributed by atoms with E-state index in [2.05, 4.69) is 15.8 Å². The van der Waals surface area contributed by atoms with Crippen molar-refractivity contribution in [3.8, 4) is 5.75 Å². The Morgan fingerprint density at radius 1 is 0.912 bits per heavy atom. The first kappa shape index (κ1) is 22.8. The first-order valence-electron chi connectivity index (χ1n) is 10.3. The molecule has 0 fully saturated rings. The second kappa shape index (κ2) is 11.0. The lowest BCUT2D eigenvalue weighted by Gasteiger charge is -2.09. The van der Waals surface area contributed by atoms with Crippen LogP contribution in [0.25, 0.3) is 0 Å². The fourth-order valence-corrected chi connectivity index (χ4v) is 3.13. The fourth-order valence-electron chi connectivity index (χ4n) is 3.00. The number of hydrazone groups is 1. The van der Waals surface area contributed by atoms with Gasteiger partial charge in [0.15, 0.2) is 5.76 Å². The number of ether oxygens (including phenoxy) is 1. The largest absolute Gasteiger partial charge is 0.489 e. The lowest BCUT2D eigenvalue weighted by atomic mass is 10.1. The molecule has 0 saturated heterocycles. The molecule has 0 unspecified atom stereocenters. The Balaban J connectivity index is 1.32. The number of anilines is 1. The van der Waals surface area contributed by atoms with Crippen molar-refractivity contribution in [1.29, 1.82) is 0 Å². The maximum absolute atomic E-state index is 12.6. The quantitative estimate of drug-likeness (QED) is 0.260. The lowest BCUT2D eigenvalue weighted by molar-refractivity contribution is 0.0956. The smallest absolute Gasteiger partial charge is 0.291 e. The Kier molecular flexibility index (Phi) is 7.37. The van der Waals surface area contributed by atoms with Gasteiger partial charge in [-0.15, -0.1) is 0 Å². The molecule has 8 heteroatoms. The molecule has 0 atom stereocenters. The van der Waals surface area contributed by atoms with Crippen LogP contribution >= 0.6 is 11.6 Å². The molecule has 0 aliphatic rings. The number of halogens is 1. The normalized spacial score (nSPS) is 10.7. The lowest BCUT2D eigenvalue weighted by Crippen LogP contribution is -2.21. The third-order valence-electron chi connectivity index (χ3n) is 4.74. The summed E-state index contributed by atoms with van der Waals surface area (Å²) in [4.78, 5) is 24.8. The van der Waals surface area contributed by atoms with Crippen molar-refractivity contribution in [2.45, 2.75) is 6.61 Å². The van der Waals surface area contributed by atoms with Gasteiger partial charge >= 0.3 is 0 Å². The molecule has 34 heavy (non-hydrogen) atoms. The van der Waals surface area contributed by atoms with Gasteiger partial charge in [-0.05, 0) is 71.8 Å². The van der Waals surface area contributed by atoms with E-state index in [4.69, 9.17) is 20.8 Å². The number of furan rings is 1. The van der Waals surface area contributed by atoms with Crippen LogP contribution in [-0.4, -0.2) is 18.0 Å². The summed E-state index contributed by atoms with van der Waals surface area (Å²) >= 11 is 5.89. The minimum Gasteiger partial charge on any atom is -0.489 e. The molecule has 0 aliphatic carbocycles. The third-order valence-corrected chi connectivity index (χ3v) is 5.00. The minimum atomic E-state index is -0.463. The van der Waals surface area contributed by atoms with E-state index in [9.17, 15) is 9.59 Å². The number of hydrogen-bond acceptors (Lipinski definition) is 5. The molecular formula is C26H20ClN3O4. The van der Waals surface area contributed by atoms with E-state index in [1.54, 1.807) is 30.3 Å². The van der Waals surface area contributed by atoms with Gasteiger partial charge in [0.1, 0.15) is 12.4 Å². The standard InChI is InChI=1S/C26H20ClN3O4/c27-20-11-7-19(8-12-20)17-34-21-13-9-18(10-14-21)16-28-30-25(31)22-4-1-2-5-23(22)29-26(32)24-6-3-15-33-24/h1-16H,17H2,(H,29,32)(H,30,31)/b28-16-. The second-order valence-electron chi connectivity index (χ2n) is 7.16. The van der Waals surface area contributed by atoms with Crippen molar-refractivity contribution in [3.63, 3.8) is 0 Å². The number of rotatable bonds is 8. The van der Waals surface area contributed by atoms with Crippen LogP contribution in [0.1, 0.15) is 32.0 Å². The van der Waals surface area contributed by atoms with Gasteiger partial charge in [0.2, 0.25) is 0 Å². The average molecular weight is 474 g/mol. The van der Waals surface area contributed by atoms with Gasteiger partial charge in [0, 0.05) is 5.02 Å². The van der Waals surface area contributed by atoms with E-state index in [0.717, 1.165) is 11.1 Å². The van der Waals surface area contributed by atoms with Crippen molar-refractivity contribution in [2.24, 2.45) is 5.10 Å². The average Bonchev–Trinajstić information content (AvgIpc) is 3.40. The summed E-state index contributed by atoms with van der Waals surface area (Å²) in [5, 5.41) is 7.36. The molecule has 3 aromatic carbocycles. The monoisotopic (exact) mass is 473 g/mol. The Morgan fingerprint density at radius 2 is 1.68 bits per heavy atom. The van der Waals surface area contributed by atoms with Crippen molar-refractivity contribution in [2.75, 3.05) is 5.32 Å². The van der Waals surface area contributed by atoms with Crippen LogP contribution in [0, 0.1) is 0 Å². The zero-order valence-corrected chi connectivity index (χ0v) is 18.7. The van der Waals surface area contributed by atoms with Crippen LogP contribution in [0.15, 0.2) is 101 Å². The number of benzene rings is 3. The van der Waals surface area contributed by atoms with E-state index in [0.29, 0.717) is 23.1 Å². The Hall–Kier alpha value is -4.36. The van der Waals surface area contributed by atoms with Gasteiger partial charge in [-0.2, -0.15) is 5.10 Å². The highest BCUT2D eigenvalue weighted by Gasteiger charge is 2.15. The van der Waals surface area contributed by atoms with Crippen LogP contribution in [-0.2, 0) is 6.61 Å². The number of nitrogens with zero attached hydrogens (tertiary/aromatic N) is 1. The maximum Gasteiger partial charge on any atom is 0.291 e. The summed E-state index contributed by atoms with van der Waals surface area (Å²) in [5.41, 5.74) is 4.88. The topological polar surface area (TPSA) is 92.9 Å². The Bertz CT molecular complexity index is 1280. The van der Waals surface area contributed by atoms with Crippen LogP contribution in [0.3, 0.4) is 0 Å². The highest BCUT2D eigenvalue weighted by atomic mass is 35.5. The number of carbonyl (C=O) groups excluding carboxylic acids is 2. The molecule has 0 bridgehead atoms. The first-order valence-corrected chi connectivity index (χ1v) is 10.7. The van der Waals surface area contributed by atoms with Gasteiger partial charge in [0.05, 0.1) is 23.7 Å². The SMILES string of the molecule is O=C(Nc1ccccc1C(=O)N/N=C\c1ccc(OCc2ccc(Cl)cc2)cc1)c1ccco1. The molecule has 4 rings (SSSR count). The van der Waals surface area contributed by atoms with Gasteiger partial charge in [-0.25, -0.2) is 5.43 Å². The molecule has 170 valence electrons. The number of para-hydroxylation sites is 1. The predicted octanol–water partition coefficient (Wildman–Crippen LogP) is 5.53. The van der Waals surface area contributed by atoms with E-state index < -0.39 is 11.8 Å². The number of nitrogens with one attached hydrogen (secondary N) is 2. The molecular weight excluding hydrogens is 454 g/mol. The van der Waals surface area contributed by atoms with Gasteiger partial charge in [-0.1, -0.05) is 35.9 Å². The molecule has 7 nitrogen and oxygen atoms in total. The molecule has 4 aromatic rings. The van der Waals surface area contributed by atoms with Crippen molar-refractivity contribution in [1.82, 2.24) is 5.43 Å². The van der Waals surface area contributed by atoms with Crippen LogP contribution < -0.4 is 15.5 Å². The van der Waals surface area contributed by atoms with Gasteiger partial charge in [-0.3, -0.25) is 9.59 Å². The molecule has 0 radical (unpaired) electrons. The summed E-state index contributed by atoms with van der Waals surface area (Å²) in [7, 11) is 0. The first-order chi connectivity index (χ1) is 16.6. The van der Waals surface area contributed by atoms with E-state index in [1.807, 2.05) is 48.5 Å². The number of carbonyl (C=O) groups is 2. The van der Waals surface area contributed by atoms with E-state index in [-0.39, 0.29) is 11.3 Å². The Morgan fingerprint density at radius 3 is 2.41 bits per heavy atom. The molecule has 0 spiro atoms. The van der Waals surface area contributed by atoms with Crippen LogP contribution in [0.4, 0.5) is 5.69 Å². The van der Waals surface area contributed by atoms with Crippen LogP contribution in [0.5, 0.6) is 5.75 Å². The van der Waals surface area contributed by atoms with Gasteiger partial charge < -0.3 is 14.5 Å². The maximum atomic E-state index is 12.6. The fraction of sp³-hybridized carbons (Fsp3) is 0.0385. The zero-order valence-electron chi connectivity index (χ0n) is 17.9. The predicted molar refractivity (Wildman–Crippen MR) is 130 cm³/mol. The molecule has 0 saturated carbocycles.